The maximum absolute atomic E-state index is 11.8. The van der Waals surface area contributed by atoms with Crippen molar-refractivity contribution >= 4 is 5.78 Å². The van der Waals surface area contributed by atoms with Crippen LogP contribution in [0.4, 0.5) is 0 Å². The minimum atomic E-state index is -0.303. The van der Waals surface area contributed by atoms with Gasteiger partial charge in [0.15, 0.2) is 11.8 Å². The molecule has 1 rings (SSSR count). The molecule has 1 heterocycles. The Kier molecular flexibility index (Phi) is 2.78. The Morgan fingerprint density at radius 1 is 1.46 bits per heavy atom. The molecular weight excluding hydrogens is 166 g/mol. The van der Waals surface area contributed by atoms with Crippen molar-refractivity contribution in [3.63, 3.8) is 0 Å². The van der Waals surface area contributed by atoms with Gasteiger partial charge in [0.25, 0.3) is 0 Å². The van der Waals surface area contributed by atoms with E-state index in [1.54, 1.807) is 0 Å². The molecule has 2 atom stereocenters. The molecule has 0 aromatic heterocycles. The Balaban J connectivity index is 2.75. The van der Waals surface area contributed by atoms with Crippen LogP contribution in [-0.2, 0) is 4.79 Å². The number of aliphatic hydroxyl groups is 1. The molecule has 0 saturated carbocycles. The van der Waals surface area contributed by atoms with Gasteiger partial charge in [-0.05, 0) is 0 Å². The smallest absolute Gasteiger partial charge is 0.192 e. The lowest BCUT2D eigenvalue weighted by atomic mass is 9.99. The Morgan fingerprint density at radius 2 is 2.00 bits per heavy atom. The van der Waals surface area contributed by atoms with Crippen molar-refractivity contribution in [2.75, 3.05) is 20.6 Å². The number of likely N-dealkylation sites (tertiary alicyclic amines) is 1. The van der Waals surface area contributed by atoms with E-state index in [2.05, 4.69) is 0 Å². The molecule has 0 spiro atoms. The monoisotopic (exact) mass is 186 g/mol. The summed E-state index contributed by atoms with van der Waals surface area (Å²) in [4.78, 5) is 11.8. The van der Waals surface area contributed by atoms with Gasteiger partial charge in [-0.25, -0.2) is 0 Å². The van der Waals surface area contributed by atoms with Crippen molar-refractivity contribution in [2.24, 2.45) is 5.92 Å². The molecule has 1 aliphatic rings. The zero-order valence-corrected chi connectivity index (χ0v) is 8.95. The van der Waals surface area contributed by atoms with E-state index in [4.69, 9.17) is 0 Å². The van der Waals surface area contributed by atoms with E-state index >= 15 is 0 Å². The Bertz CT molecular complexity index is 211. The largest absolute Gasteiger partial charge is 0.387 e. The number of carbonyl (C=O) groups excluding carboxylic acids is 1. The molecule has 0 aromatic rings. The van der Waals surface area contributed by atoms with Crippen LogP contribution in [0, 0.1) is 5.92 Å². The van der Waals surface area contributed by atoms with Crippen molar-refractivity contribution in [2.45, 2.75) is 32.4 Å². The maximum Gasteiger partial charge on any atom is 0.192 e. The lowest BCUT2D eigenvalue weighted by molar-refractivity contribution is -0.894. The highest BCUT2D eigenvalue weighted by molar-refractivity contribution is 5.84. The number of likely N-dealkylation sites (N-methyl/N-ethyl adjacent to an activating group) is 1. The van der Waals surface area contributed by atoms with Crippen LogP contribution in [0.2, 0.25) is 0 Å². The minimum Gasteiger partial charge on any atom is -0.387 e. The van der Waals surface area contributed by atoms with Crippen LogP contribution in [-0.4, -0.2) is 48.2 Å². The molecule has 76 valence electrons. The third-order valence-electron chi connectivity index (χ3n) is 2.92. The van der Waals surface area contributed by atoms with E-state index in [0.29, 0.717) is 17.4 Å². The highest BCUT2D eigenvalue weighted by Crippen LogP contribution is 2.25. The molecule has 0 amide bonds. The van der Waals surface area contributed by atoms with Gasteiger partial charge in [-0.1, -0.05) is 13.8 Å². The molecule has 0 aliphatic carbocycles. The van der Waals surface area contributed by atoms with Gasteiger partial charge in [0.1, 0.15) is 12.6 Å². The molecule has 3 nitrogen and oxygen atoms in total. The second-order valence-electron chi connectivity index (χ2n) is 4.92. The molecule has 13 heavy (non-hydrogen) atoms. The molecule has 1 saturated heterocycles. The van der Waals surface area contributed by atoms with Crippen molar-refractivity contribution in [3.8, 4) is 0 Å². The normalized spacial score (nSPS) is 32.5. The van der Waals surface area contributed by atoms with Gasteiger partial charge < -0.3 is 9.59 Å². The predicted octanol–water partition coefficient (Wildman–Crippen LogP) is 0.421. The fourth-order valence-electron chi connectivity index (χ4n) is 2.13. The second-order valence-corrected chi connectivity index (χ2v) is 4.92. The molecular formula is C10H20NO2+. The number of hydrogen-bond donors (Lipinski definition) is 1. The first-order chi connectivity index (χ1) is 5.84. The third-order valence-corrected chi connectivity index (χ3v) is 2.92. The van der Waals surface area contributed by atoms with E-state index in [1.807, 2.05) is 27.9 Å². The zero-order chi connectivity index (χ0) is 10.2. The number of aliphatic hydroxyl groups excluding tert-OH is 1. The van der Waals surface area contributed by atoms with Gasteiger partial charge in [0.05, 0.1) is 14.1 Å². The highest BCUT2D eigenvalue weighted by Gasteiger charge is 2.44. The molecule has 0 radical (unpaired) electrons. The van der Waals surface area contributed by atoms with Crippen molar-refractivity contribution in [3.05, 3.63) is 0 Å². The first-order valence-electron chi connectivity index (χ1n) is 4.89. The maximum atomic E-state index is 11.8. The van der Waals surface area contributed by atoms with Crippen LogP contribution >= 0.6 is 0 Å². The average molecular weight is 186 g/mol. The van der Waals surface area contributed by atoms with Crippen molar-refractivity contribution in [1.29, 1.82) is 0 Å². The van der Waals surface area contributed by atoms with Crippen LogP contribution in [0.3, 0.4) is 0 Å². The summed E-state index contributed by atoms with van der Waals surface area (Å²) in [6.07, 6.45) is 0.326. The van der Waals surface area contributed by atoms with Crippen LogP contribution in [0.1, 0.15) is 20.3 Å². The Morgan fingerprint density at radius 3 is 2.31 bits per heavy atom. The van der Waals surface area contributed by atoms with Gasteiger partial charge >= 0.3 is 0 Å². The Labute approximate surface area is 79.9 Å². The number of Topliss-reactive ketones (excluding diaryl/α,β-unsaturated/α-hetero) is 1. The third kappa shape index (κ3) is 2.09. The summed E-state index contributed by atoms with van der Waals surface area (Å²) in [5, 5.41) is 9.50. The minimum absolute atomic E-state index is 0.00463. The summed E-state index contributed by atoms with van der Waals surface area (Å²) in [5.74, 6) is 0.356. The molecule has 0 bridgehead atoms. The summed E-state index contributed by atoms with van der Waals surface area (Å²) in [7, 11) is 4.03. The molecule has 0 unspecified atom stereocenters. The number of carbonyl (C=O) groups is 1. The van der Waals surface area contributed by atoms with E-state index < -0.39 is 0 Å². The molecule has 1 N–H and O–H groups in total. The summed E-state index contributed by atoms with van der Waals surface area (Å²) in [5.41, 5.74) is 0. The van der Waals surface area contributed by atoms with Gasteiger partial charge in [-0.2, -0.15) is 0 Å². The number of nitrogens with zero attached hydrogens (tertiary/aromatic N) is 1. The quantitative estimate of drug-likeness (QED) is 0.635. The predicted molar refractivity (Wildman–Crippen MR) is 51.2 cm³/mol. The van der Waals surface area contributed by atoms with Gasteiger partial charge in [-0.3, -0.25) is 4.79 Å². The van der Waals surface area contributed by atoms with Crippen LogP contribution < -0.4 is 0 Å². The number of quaternary nitrogens is 1. The second kappa shape index (κ2) is 3.39. The average Bonchev–Trinajstić information content (AvgIpc) is 2.22. The highest BCUT2D eigenvalue weighted by atomic mass is 16.3. The molecule has 3 heteroatoms. The number of rotatable bonds is 2. The number of hydrogen-bond acceptors (Lipinski definition) is 2. The fraction of sp³-hybridized carbons (Fsp3) is 0.900. The first-order valence-corrected chi connectivity index (χ1v) is 4.89. The standard InChI is InChI=1S/C10H20NO2/c1-7(2)10(13)9-5-8(12)6-11(9,3)4/h7-9,12H,5-6H2,1-4H3/q+1/t8-,9-/m0/s1. The van der Waals surface area contributed by atoms with Gasteiger partial charge in [-0.15, -0.1) is 0 Å². The molecule has 1 fully saturated rings. The summed E-state index contributed by atoms with van der Waals surface area (Å²) < 4.78 is 0.637. The van der Waals surface area contributed by atoms with Crippen LogP contribution in [0.5, 0.6) is 0 Å². The van der Waals surface area contributed by atoms with E-state index in [-0.39, 0.29) is 23.8 Å². The Hall–Kier alpha value is -0.410. The van der Waals surface area contributed by atoms with E-state index in [0.717, 1.165) is 0 Å². The topological polar surface area (TPSA) is 37.3 Å². The van der Waals surface area contributed by atoms with Crippen molar-refractivity contribution < 1.29 is 14.4 Å². The molecule has 1 aliphatic heterocycles. The zero-order valence-electron chi connectivity index (χ0n) is 8.95. The number of ketones is 1. The van der Waals surface area contributed by atoms with E-state index in [1.165, 1.54) is 0 Å². The molecule has 0 aromatic carbocycles. The van der Waals surface area contributed by atoms with Gasteiger partial charge in [0.2, 0.25) is 0 Å². The van der Waals surface area contributed by atoms with E-state index in [9.17, 15) is 9.90 Å². The lowest BCUT2D eigenvalue weighted by Crippen LogP contribution is -2.49. The van der Waals surface area contributed by atoms with Crippen LogP contribution in [0.25, 0.3) is 0 Å². The van der Waals surface area contributed by atoms with Gasteiger partial charge in [0, 0.05) is 12.3 Å². The fourth-order valence-corrected chi connectivity index (χ4v) is 2.13. The van der Waals surface area contributed by atoms with Crippen molar-refractivity contribution in [1.82, 2.24) is 0 Å². The summed E-state index contributed by atoms with van der Waals surface area (Å²) in [6.45, 7) is 4.54. The first kappa shape index (κ1) is 10.7. The van der Waals surface area contributed by atoms with Crippen LogP contribution in [0.15, 0.2) is 0 Å². The summed E-state index contributed by atoms with van der Waals surface area (Å²) in [6, 6.07) is -0.00463. The lowest BCUT2D eigenvalue weighted by Gasteiger charge is -2.31. The summed E-state index contributed by atoms with van der Waals surface area (Å²) >= 11 is 0. The SMILES string of the molecule is CC(C)C(=O)[C@@H]1C[C@H](O)C[N+]1(C)C.